The van der Waals surface area contributed by atoms with Crippen molar-refractivity contribution >= 4 is 43.4 Å². The van der Waals surface area contributed by atoms with Gasteiger partial charge in [0.2, 0.25) is 0 Å². The molecule has 0 atom stereocenters. The summed E-state index contributed by atoms with van der Waals surface area (Å²) in [5.41, 5.74) is 16.1. The molecule has 0 amide bonds. The molecule has 1 aliphatic carbocycles. The minimum Gasteiger partial charge on any atom is -0.309 e. The fraction of sp³-hybridized carbons (Fsp3) is 0.0526. The lowest BCUT2D eigenvalue weighted by Gasteiger charge is -2.23. The summed E-state index contributed by atoms with van der Waals surface area (Å²) in [5, 5.41) is 7.29. The van der Waals surface area contributed by atoms with Gasteiger partial charge in [0.1, 0.15) is 0 Å². The third kappa shape index (κ3) is 5.15. The van der Waals surface area contributed by atoms with Gasteiger partial charge in [-0.15, -0.1) is 0 Å². The van der Waals surface area contributed by atoms with Gasteiger partial charge in [0, 0.05) is 38.6 Å². The molecule has 0 unspecified atom stereocenters. The molecule has 2 heterocycles. The van der Waals surface area contributed by atoms with E-state index in [1.165, 1.54) is 60.3 Å². The van der Waals surface area contributed by atoms with E-state index in [1.54, 1.807) is 0 Å². The number of hydrogen-bond donors (Lipinski definition) is 0. The molecule has 3 nitrogen and oxygen atoms in total. The van der Waals surface area contributed by atoms with E-state index in [0.29, 0.717) is 5.82 Å². The molecule has 9 aromatic carbocycles. The second kappa shape index (κ2) is 13.2. The largest absolute Gasteiger partial charge is 0.309 e. The molecule has 11 aromatic rings. The van der Waals surface area contributed by atoms with Crippen molar-refractivity contribution in [2.45, 2.75) is 19.3 Å². The highest BCUT2D eigenvalue weighted by molar-refractivity contribution is 6.16. The maximum absolute atomic E-state index is 5.48. The van der Waals surface area contributed by atoms with E-state index in [0.717, 1.165) is 50.2 Å². The van der Waals surface area contributed by atoms with Gasteiger partial charge in [0.05, 0.1) is 22.4 Å². The minimum atomic E-state index is -0.102. The zero-order valence-corrected chi connectivity index (χ0v) is 33.4. The number of para-hydroxylation sites is 2. The lowest BCUT2D eigenvalue weighted by atomic mass is 9.80. The maximum atomic E-state index is 5.48. The Morgan fingerprint density at radius 2 is 1.03 bits per heavy atom. The van der Waals surface area contributed by atoms with E-state index in [-0.39, 0.29) is 5.41 Å². The van der Waals surface area contributed by atoms with Gasteiger partial charge in [-0.1, -0.05) is 172 Å². The topological polar surface area (TPSA) is 30.7 Å². The molecule has 0 aliphatic heterocycles. The van der Waals surface area contributed by atoms with Crippen molar-refractivity contribution in [3.8, 4) is 61.8 Å². The van der Waals surface area contributed by atoms with Crippen LogP contribution in [0.25, 0.3) is 105 Å². The van der Waals surface area contributed by atoms with Crippen molar-refractivity contribution in [2.75, 3.05) is 0 Å². The number of fused-ring (bicyclic) bond motifs is 9. The Morgan fingerprint density at radius 1 is 0.400 bits per heavy atom. The summed E-state index contributed by atoms with van der Waals surface area (Å²) < 4.78 is 2.36. The summed E-state index contributed by atoms with van der Waals surface area (Å²) in [6.07, 6.45) is 0. The molecule has 2 aromatic heterocycles. The Kier molecular flexibility index (Phi) is 7.58. The van der Waals surface area contributed by atoms with E-state index in [1.807, 2.05) is 0 Å². The van der Waals surface area contributed by atoms with Gasteiger partial charge in [-0.3, -0.25) is 0 Å². The molecule has 60 heavy (non-hydrogen) atoms. The lowest BCUT2D eigenvalue weighted by Crippen LogP contribution is -2.15. The Bertz CT molecular complexity index is 3500. The molecule has 0 saturated heterocycles. The molecule has 0 spiro atoms. The van der Waals surface area contributed by atoms with E-state index < -0.39 is 0 Å². The molecule has 0 bridgehead atoms. The zero-order valence-electron chi connectivity index (χ0n) is 33.4. The van der Waals surface area contributed by atoms with Crippen molar-refractivity contribution in [1.29, 1.82) is 0 Å². The van der Waals surface area contributed by atoms with Crippen molar-refractivity contribution in [2.24, 2.45) is 0 Å². The van der Waals surface area contributed by atoms with Gasteiger partial charge in [0.15, 0.2) is 5.82 Å². The normalized spacial score (nSPS) is 13.0. The Balaban J connectivity index is 1.05. The van der Waals surface area contributed by atoms with Gasteiger partial charge >= 0.3 is 0 Å². The number of aromatic nitrogens is 3. The third-order valence-corrected chi connectivity index (χ3v) is 12.8. The summed E-state index contributed by atoms with van der Waals surface area (Å²) in [6.45, 7) is 4.74. The van der Waals surface area contributed by atoms with Crippen LogP contribution in [-0.4, -0.2) is 14.5 Å². The Morgan fingerprint density at radius 3 is 1.85 bits per heavy atom. The van der Waals surface area contributed by atoms with Crippen LogP contribution < -0.4 is 0 Å². The highest BCUT2D eigenvalue weighted by Crippen LogP contribution is 2.52. The smallest absolute Gasteiger partial charge is 0.161 e. The predicted molar refractivity (Wildman–Crippen MR) is 251 cm³/mol. The van der Waals surface area contributed by atoms with Gasteiger partial charge in [-0.25, -0.2) is 9.97 Å². The standard InChI is InChI=1S/C57H39N3/c1-57(2)49-33-29-38(34-48(49)44-30-28-36-16-9-10-21-41(36)55(44)57)40-31-32-45(43-23-12-11-22-42(40)43)56-58-50(37-17-5-3-6-18-37)35-51(59-56)46-25-15-27-53-54(46)47-24-13-14-26-52(47)60(53)39-19-7-4-8-20-39/h3-35H,1-2H3. The van der Waals surface area contributed by atoms with Crippen molar-refractivity contribution < 1.29 is 0 Å². The summed E-state index contributed by atoms with van der Waals surface area (Å²) in [6, 6.07) is 72.2. The molecule has 3 heteroatoms. The predicted octanol–water partition coefficient (Wildman–Crippen LogP) is 14.9. The van der Waals surface area contributed by atoms with Gasteiger partial charge < -0.3 is 4.57 Å². The molecular weight excluding hydrogens is 727 g/mol. The molecular formula is C57H39N3. The first-order valence-electron chi connectivity index (χ1n) is 20.7. The van der Waals surface area contributed by atoms with Crippen LogP contribution in [-0.2, 0) is 5.41 Å². The third-order valence-electron chi connectivity index (χ3n) is 12.8. The van der Waals surface area contributed by atoms with Crippen LogP contribution in [0.15, 0.2) is 200 Å². The summed E-state index contributed by atoms with van der Waals surface area (Å²) in [5.74, 6) is 0.703. The second-order valence-corrected chi connectivity index (χ2v) is 16.5. The minimum absolute atomic E-state index is 0.102. The van der Waals surface area contributed by atoms with Crippen LogP contribution >= 0.6 is 0 Å². The van der Waals surface area contributed by atoms with E-state index >= 15 is 0 Å². The maximum Gasteiger partial charge on any atom is 0.161 e. The second-order valence-electron chi connectivity index (χ2n) is 16.5. The molecule has 0 fully saturated rings. The quantitative estimate of drug-likeness (QED) is 0.175. The molecule has 0 radical (unpaired) electrons. The first-order valence-corrected chi connectivity index (χ1v) is 20.7. The van der Waals surface area contributed by atoms with Crippen molar-refractivity contribution in [3.05, 3.63) is 211 Å². The van der Waals surface area contributed by atoms with E-state index in [9.17, 15) is 0 Å². The number of rotatable bonds is 5. The van der Waals surface area contributed by atoms with Crippen molar-refractivity contribution in [1.82, 2.24) is 14.5 Å². The average Bonchev–Trinajstić information content (AvgIpc) is 3.77. The monoisotopic (exact) mass is 765 g/mol. The molecule has 1 aliphatic rings. The fourth-order valence-electron chi connectivity index (χ4n) is 10.1. The van der Waals surface area contributed by atoms with E-state index in [2.05, 4.69) is 219 Å². The molecule has 282 valence electrons. The van der Waals surface area contributed by atoms with Crippen molar-refractivity contribution in [3.63, 3.8) is 0 Å². The first-order chi connectivity index (χ1) is 29.5. The van der Waals surface area contributed by atoms with Crippen LogP contribution in [0, 0.1) is 0 Å². The van der Waals surface area contributed by atoms with E-state index in [4.69, 9.17) is 9.97 Å². The highest BCUT2D eigenvalue weighted by atomic mass is 15.0. The summed E-state index contributed by atoms with van der Waals surface area (Å²) in [7, 11) is 0. The first kappa shape index (κ1) is 34.4. The lowest BCUT2D eigenvalue weighted by molar-refractivity contribution is 0.666. The summed E-state index contributed by atoms with van der Waals surface area (Å²) in [4.78, 5) is 10.8. The van der Waals surface area contributed by atoms with Crippen LogP contribution in [0.4, 0.5) is 0 Å². The Labute approximate surface area is 348 Å². The number of nitrogens with zero attached hydrogens (tertiary/aromatic N) is 3. The van der Waals surface area contributed by atoms with Crippen LogP contribution in [0.2, 0.25) is 0 Å². The fourth-order valence-corrected chi connectivity index (χ4v) is 10.1. The molecule has 0 saturated carbocycles. The SMILES string of the molecule is CC1(C)c2ccc(-c3ccc(-c4nc(-c5ccccc5)cc(-c5cccc6c5c5ccccc5n6-c5ccccc5)n4)c4ccccc34)cc2-c2ccc3ccccc3c21. The van der Waals surface area contributed by atoms with Gasteiger partial charge in [-0.05, 0) is 97.4 Å². The number of benzene rings is 9. The Hall–Kier alpha value is -7.62. The molecule has 0 N–H and O–H groups in total. The van der Waals surface area contributed by atoms with Gasteiger partial charge in [-0.2, -0.15) is 0 Å². The van der Waals surface area contributed by atoms with Crippen LogP contribution in [0.3, 0.4) is 0 Å². The number of hydrogen-bond acceptors (Lipinski definition) is 2. The van der Waals surface area contributed by atoms with Gasteiger partial charge in [0.25, 0.3) is 0 Å². The average molecular weight is 766 g/mol. The molecule has 12 rings (SSSR count). The van der Waals surface area contributed by atoms with Crippen LogP contribution in [0.5, 0.6) is 0 Å². The zero-order chi connectivity index (χ0) is 40.0. The van der Waals surface area contributed by atoms with Crippen LogP contribution in [0.1, 0.15) is 25.0 Å². The summed E-state index contributed by atoms with van der Waals surface area (Å²) >= 11 is 0. The highest BCUT2D eigenvalue weighted by Gasteiger charge is 2.37.